The molecule has 1 saturated heterocycles. The van der Waals surface area contributed by atoms with Gasteiger partial charge in [0.1, 0.15) is 5.52 Å². The lowest BCUT2D eigenvalue weighted by Crippen LogP contribution is -2.37. The van der Waals surface area contributed by atoms with Crippen LogP contribution in [0.5, 0.6) is 17.2 Å². The minimum atomic E-state index is -0.171. The number of piperidine rings is 1. The number of aliphatic hydroxyl groups excluding tert-OH is 1. The first kappa shape index (κ1) is 19.4. The quantitative estimate of drug-likeness (QED) is 0.778. The normalized spacial score (nSPS) is 15.9. The molecule has 1 aliphatic heterocycles. The number of fused-ring (bicyclic) bond motifs is 1. The van der Waals surface area contributed by atoms with Gasteiger partial charge in [-0.25, -0.2) is 4.98 Å². The summed E-state index contributed by atoms with van der Waals surface area (Å²) in [5.74, 6) is 1.25. The van der Waals surface area contributed by atoms with E-state index in [0.29, 0.717) is 34.7 Å². The second-order valence-electron chi connectivity index (χ2n) is 6.71. The monoisotopic (exact) mass is 377 g/mol. The minimum absolute atomic E-state index is 0.131. The van der Waals surface area contributed by atoms with Gasteiger partial charge in [0.15, 0.2) is 11.5 Å². The Morgan fingerprint density at radius 1 is 1.11 bits per heavy atom. The molecule has 8 nitrogen and oxygen atoms in total. The molecule has 0 bridgehead atoms. The largest absolute Gasteiger partial charge is 0.493 e. The van der Waals surface area contributed by atoms with Gasteiger partial charge in [-0.05, 0) is 31.9 Å². The molecule has 0 aliphatic carbocycles. The van der Waals surface area contributed by atoms with Crippen molar-refractivity contribution in [2.24, 2.45) is 0 Å². The molecular formula is C19H27N3O5. The van der Waals surface area contributed by atoms with E-state index in [1.807, 2.05) is 0 Å². The molecule has 148 valence electrons. The molecule has 8 heteroatoms. The lowest BCUT2D eigenvalue weighted by molar-refractivity contribution is 0.0815. The summed E-state index contributed by atoms with van der Waals surface area (Å²) >= 11 is 0. The van der Waals surface area contributed by atoms with Crippen LogP contribution in [0.4, 0.5) is 0 Å². The lowest BCUT2D eigenvalue weighted by Gasteiger charge is -2.29. The highest BCUT2D eigenvalue weighted by molar-refractivity contribution is 5.89. The SMILES string of the molecule is COc1cc2c(=O)n(CCCN3CCC(O)CC3)cnc2c(OC)c1OC. The van der Waals surface area contributed by atoms with E-state index in [2.05, 4.69) is 9.88 Å². The van der Waals surface area contributed by atoms with E-state index in [9.17, 15) is 9.90 Å². The zero-order valence-electron chi connectivity index (χ0n) is 16.1. The number of methoxy groups -OCH3 is 3. The third-order valence-corrected chi connectivity index (χ3v) is 5.05. The third-order valence-electron chi connectivity index (χ3n) is 5.05. The van der Waals surface area contributed by atoms with Crippen LogP contribution in [0.15, 0.2) is 17.2 Å². The molecule has 1 N–H and O–H groups in total. The van der Waals surface area contributed by atoms with Gasteiger partial charge < -0.3 is 24.2 Å². The number of likely N-dealkylation sites (tertiary alicyclic amines) is 1. The average molecular weight is 377 g/mol. The Morgan fingerprint density at radius 3 is 2.44 bits per heavy atom. The van der Waals surface area contributed by atoms with Gasteiger partial charge in [0.2, 0.25) is 5.75 Å². The summed E-state index contributed by atoms with van der Waals surface area (Å²) in [6.45, 7) is 3.28. The van der Waals surface area contributed by atoms with Crippen LogP contribution in [-0.2, 0) is 6.54 Å². The maximum atomic E-state index is 12.9. The van der Waals surface area contributed by atoms with Gasteiger partial charge in [-0.3, -0.25) is 9.36 Å². The van der Waals surface area contributed by atoms with Gasteiger partial charge in [0.05, 0.1) is 39.1 Å². The highest BCUT2D eigenvalue weighted by Crippen LogP contribution is 2.41. The molecule has 1 aromatic heterocycles. The summed E-state index contributed by atoms with van der Waals surface area (Å²) in [5, 5.41) is 10.0. The molecule has 0 spiro atoms. The molecule has 2 heterocycles. The van der Waals surface area contributed by atoms with Crippen LogP contribution >= 0.6 is 0 Å². The Hall–Kier alpha value is -2.32. The van der Waals surface area contributed by atoms with Gasteiger partial charge in [0, 0.05) is 19.6 Å². The number of benzene rings is 1. The van der Waals surface area contributed by atoms with Gasteiger partial charge in [-0.1, -0.05) is 0 Å². The summed E-state index contributed by atoms with van der Waals surface area (Å²) in [4.78, 5) is 19.7. The second-order valence-corrected chi connectivity index (χ2v) is 6.71. The number of nitrogens with zero attached hydrogens (tertiary/aromatic N) is 3. The van der Waals surface area contributed by atoms with Gasteiger partial charge >= 0.3 is 0 Å². The standard InChI is InChI=1S/C19H27N3O5/c1-25-15-11-14-16(18(27-3)17(15)26-2)20-12-22(19(14)24)8-4-7-21-9-5-13(23)6-10-21/h11-13,23H,4-10H2,1-3H3. The van der Waals surface area contributed by atoms with Crippen LogP contribution in [0.3, 0.4) is 0 Å². The Kier molecular flexibility index (Phi) is 6.18. The highest BCUT2D eigenvalue weighted by Gasteiger charge is 2.20. The number of ether oxygens (including phenoxy) is 3. The van der Waals surface area contributed by atoms with Crippen molar-refractivity contribution in [3.63, 3.8) is 0 Å². The summed E-state index contributed by atoms with van der Waals surface area (Å²) < 4.78 is 17.7. The van der Waals surface area contributed by atoms with E-state index in [1.54, 1.807) is 17.0 Å². The fraction of sp³-hybridized carbons (Fsp3) is 0.579. The molecule has 3 rings (SSSR count). The maximum Gasteiger partial charge on any atom is 0.261 e. The Labute approximate surface area is 158 Å². The number of aliphatic hydroxyl groups is 1. The van der Waals surface area contributed by atoms with Crippen LogP contribution < -0.4 is 19.8 Å². The van der Waals surface area contributed by atoms with Crippen molar-refractivity contribution in [2.75, 3.05) is 41.0 Å². The zero-order chi connectivity index (χ0) is 19.4. The third kappa shape index (κ3) is 4.01. The van der Waals surface area contributed by atoms with Crippen LogP contribution in [0.2, 0.25) is 0 Å². The van der Waals surface area contributed by atoms with Crippen molar-refractivity contribution in [3.8, 4) is 17.2 Å². The smallest absolute Gasteiger partial charge is 0.261 e. The van der Waals surface area contributed by atoms with Crippen LogP contribution in [-0.4, -0.2) is 66.6 Å². The van der Waals surface area contributed by atoms with Crippen LogP contribution in [0.1, 0.15) is 19.3 Å². The zero-order valence-corrected chi connectivity index (χ0v) is 16.1. The summed E-state index contributed by atoms with van der Waals surface area (Å²) in [7, 11) is 4.56. The van der Waals surface area contributed by atoms with Crippen molar-refractivity contribution < 1.29 is 19.3 Å². The molecular weight excluding hydrogens is 350 g/mol. The number of aromatic nitrogens is 2. The molecule has 0 unspecified atom stereocenters. The van der Waals surface area contributed by atoms with Crippen molar-refractivity contribution in [3.05, 3.63) is 22.7 Å². The Morgan fingerprint density at radius 2 is 1.81 bits per heavy atom. The van der Waals surface area contributed by atoms with Crippen molar-refractivity contribution in [1.82, 2.24) is 14.5 Å². The minimum Gasteiger partial charge on any atom is -0.493 e. The molecule has 1 aliphatic rings. The van der Waals surface area contributed by atoms with Gasteiger partial charge in [-0.15, -0.1) is 0 Å². The Balaban J connectivity index is 1.81. The summed E-state index contributed by atoms with van der Waals surface area (Å²) in [6.07, 6.45) is 3.86. The van der Waals surface area contributed by atoms with Crippen molar-refractivity contribution in [2.45, 2.75) is 31.9 Å². The van der Waals surface area contributed by atoms with E-state index < -0.39 is 0 Å². The number of aryl methyl sites for hydroxylation is 1. The topological polar surface area (TPSA) is 86.1 Å². The number of hydrogen-bond donors (Lipinski definition) is 1. The highest BCUT2D eigenvalue weighted by atomic mass is 16.5. The fourth-order valence-corrected chi connectivity index (χ4v) is 3.53. The molecule has 1 fully saturated rings. The van der Waals surface area contributed by atoms with E-state index >= 15 is 0 Å². The molecule has 1 aromatic carbocycles. The predicted molar refractivity (Wildman–Crippen MR) is 102 cm³/mol. The van der Waals surface area contributed by atoms with Gasteiger partial charge in [0.25, 0.3) is 5.56 Å². The van der Waals surface area contributed by atoms with Crippen molar-refractivity contribution >= 4 is 10.9 Å². The second kappa shape index (κ2) is 8.58. The van der Waals surface area contributed by atoms with E-state index in [-0.39, 0.29) is 11.7 Å². The summed E-state index contributed by atoms with van der Waals surface area (Å²) in [6, 6.07) is 1.65. The van der Waals surface area contributed by atoms with E-state index in [0.717, 1.165) is 38.9 Å². The van der Waals surface area contributed by atoms with Gasteiger partial charge in [-0.2, -0.15) is 0 Å². The first-order valence-electron chi connectivity index (χ1n) is 9.17. The van der Waals surface area contributed by atoms with Crippen molar-refractivity contribution in [1.29, 1.82) is 0 Å². The molecule has 0 amide bonds. The molecule has 0 saturated carbocycles. The maximum absolute atomic E-state index is 12.9. The van der Waals surface area contributed by atoms with E-state index in [4.69, 9.17) is 14.2 Å². The molecule has 27 heavy (non-hydrogen) atoms. The lowest BCUT2D eigenvalue weighted by atomic mass is 10.1. The summed E-state index contributed by atoms with van der Waals surface area (Å²) in [5.41, 5.74) is 0.328. The van der Waals surface area contributed by atoms with E-state index in [1.165, 1.54) is 21.3 Å². The molecule has 0 atom stereocenters. The first-order chi connectivity index (χ1) is 13.1. The fourth-order valence-electron chi connectivity index (χ4n) is 3.53. The Bertz CT molecular complexity index is 843. The predicted octanol–water partition coefficient (Wildman–Crippen LogP) is 1.27. The average Bonchev–Trinajstić information content (AvgIpc) is 2.69. The number of hydrogen-bond acceptors (Lipinski definition) is 7. The number of rotatable bonds is 7. The van der Waals surface area contributed by atoms with Crippen LogP contribution in [0.25, 0.3) is 10.9 Å². The molecule has 0 radical (unpaired) electrons. The molecule has 2 aromatic rings. The van der Waals surface area contributed by atoms with Crippen LogP contribution in [0, 0.1) is 0 Å². The first-order valence-corrected chi connectivity index (χ1v) is 9.17.